The summed E-state index contributed by atoms with van der Waals surface area (Å²) >= 11 is 0. The van der Waals surface area contributed by atoms with Crippen molar-refractivity contribution in [3.05, 3.63) is 65.9 Å². The standard InChI is InChI=1S/C29H30N10O4/c1-16-4-5-30-26(34-16)20-9-21(20)28(42)36-24-10-23(32-15-33-24)31-11-19-13-37-12-18(17-2-3-17)8-22(27(37)35-19)39-14-25(41)38(6-7-40)29(39)43/h4-5,8,10,12-13,15,17,20-21,40H,2-3,6-7,9,11,14H2,1H3,(H2,31,32,33,36,42). The molecule has 0 aromatic carbocycles. The van der Waals surface area contributed by atoms with Crippen LogP contribution in [-0.2, 0) is 16.1 Å². The number of carbonyl (C=O) groups excluding carboxylic acids is 3. The molecule has 2 unspecified atom stereocenters. The molecule has 5 heterocycles. The number of hydrogen-bond acceptors (Lipinski definition) is 10. The van der Waals surface area contributed by atoms with E-state index in [1.165, 1.54) is 11.2 Å². The SMILES string of the molecule is Cc1ccnc(C2CC2C(=O)Nc2cc(NCc3cn4cc(C5CC5)cc(N5CC(=O)N(CCO)C5=O)c4n3)ncn2)n1. The Morgan fingerprint density at radius 3 is 2.72 bits per heavy atom. The Balaban J connectivity index is 1.05. The minimum absolute atomic E-state index is 0.00595. The van der Waals surface area contributed by atoms with Crippen molar-refractivity contribution in [1.82, 2.24) is 34.2 Å². The normalized spacial score (nSPS) is 19.8. The van der Waals surface area contributed by atoms with Crippen molar-refractivity contribution in [2.45, 2.75) is 44.6 Å². The van der Waals surface area contributed by atoms with E-state index in [1.807, 2.05) is 35.9 Å². The van der Waals surface area contributed by atoms with Gasteiger partial charge in [-0.2, -0.15) is 0 Å². The van der Waals surface area contributed by atoms with E-state index in [2.05, 4.69) is 30.6 Å². The fourth-order valence-corrected chi connectivity index (χ4v) is 5.46. The van der Waals surface area contributed by atoms with E-state index in [4.69, 9.17) is 4.98 Å². The molecule has 2 aliphatic carbocycles. The van der Waals surface area contributed by atoms with Gasteiger partial charge < -0.3 is 20.1 Å². The molecule has 4 aromatic heterocycles. The van der Waals surface area contributed by atoms with Gasteiger partial charge in [-0.15, -0.1) is 0 Å². The van der Waals surface area contributed by atoms with E-state index < -0.39 is 6.03 Å². The van der Waals surface area contributed by atoms with E-state index in [0.717, 1.165) is 29.0 Å². The Labute approximate surface area is 246 Å². The Hall–Kier alpha value is -4.98. The number of nitrogens with one attached hydrogen (secondary N) is 2. The van der Waals surface area contributed by atoms with E-state index in [9.17, 15) is 19.5 Å². The first-order chi connectivity index (χ1) is 20.9. The van der Waals surface area contributed by atoms with Crippen molar-refractivity contribution < 1.29 is 19.5 Å². The third-order valence-corrected chi connectivity index (χ3v) is 7.96. The largest absolute Gasteiger partial charge is 0.395 e. The number of aliphatic hydroxyl groups excluding tert-OH is 1. The number of imide groups is 1. The van der Waals surface area contributed by atoms with Gasteiger partial charge in [-0.1, -0.05) is 0 Å². The van der Waals surface area contributed by atoms with Gasteiger partial charge in [0.15, 0.2) is 5.65 Å². The maximum absolute atomic E-state index is 13.0. The number of fused-ring (bicyclic) bond motifs is 1. The highest BCUT2D eigenvalue weighted by atomic mass is 16.3. The fourth-order valence-electron chi connectivity index (χ4n) is 5.46. The Bertz CT molecular complexity index is 1750. The first-order valence-corrected chi connectivity index (χ1v) is 14.3. The van der Waals surface area contributed by atoms with Crippen LogP contribution in [0.15, 0.2) is 43.1 Å². The number of aromatic nitrogens is 6. The molecule has 2 saturated carbocycles. The van der Waals surface area contributed by atoms with Crippen LogP contribution in [0, 0.1) is 12.8 Å². The van der Waals surface area contributed by atoms with Gasteiger partial charge in [0.2, 0.25) is 5.91 Å². The summed E-state index contributed by atoms with van der Waals surface area (Å²) in [4.78, 5) is 62.8. The Morgan fingerprint density at radius 1 is 1.09 bits per heavy atom. The van der Waals surface area contributed by atoms with Crippen LogP contribution in [0.1, 0.15) is 53.9 Å². The van der Waals surface area contributed by atoms with Crippen LogP contribution in [0.3, 0.4) is 0 Å². The predicted molar refractivity (Wildman–Crippen MR) is 154 cm³/mol. The van der Waals surface area contributed by atoms with Crippen molar-refractivity contribution in [2.24, 2.45) is 5.92 Å². The summed E-state index contributed by atoms with van der Waals surface area (Å²) in [6.07, 6.45) is 9.84. The molecule has 1 saturated heterocycles. The lowest BCUT2D eigenvalue weighted by Crippen LogP contribution is -2.35. The molecule has 43 heavy (non-hydrogen) atoms. The number of amides is 4. The van der Waals surface area contributed by atoms with Crippen molar-refractivity contribution in [2.75, 3.05) is 35.2 Å². The highest BCUT2D eigenvalue weighted by Gasteiger charge is 2.46. The molecule has 3 fully saturated rings. The molecule has 14 nitrogen and oxygen atoms in total. The van der Waals surface area contributed by atoms with Crippen LogP contribution in [-0.4, -0.2) is 76.9 Å². The molecule has 0 bridgehead atoms. The number of hydrogen-bond donors (Lipinski definition) is 3. The van der Waals surface area contributed by atoms with Crippen LogP contribution in [0.4, 0.5) is 22.1 Å². The second kappa shape index (κ2) is 10.7. The molecular weight excluding hydrogens is 552 g/mol. The maximum atomic E-state index is 13.0. The van der Waals surface area contributed by atoms with Crippen LogP contribution in [0.2, 0.25) is 0 Å². The van der Waals surface area contributed by atoms with Crippen molar-refractivity contribution in [3.8, 4) is 0 Å². The Kier molecular flexibility index (Phi) is 6.69. The lowest BCUT2D eigenvalue weighted by Gasteiger charge is -2.18. The van der Waals surface area contributed by atoms with Crippen molar-refractivity contribution in [1.29, 1.82) is 0 Å². The average Bonchev–Trinajstić information content (AvgIpc) is 3.92. The first kappa shape index (κ1) is 26.9. The molecule has 3 aliphatic rings. The summed E-state index contributed by atoms with van der Waals surface area (Å²) in [6.45, 7) is 1.79. The molecule has 4 aromatic rings. The fraction of sp³-hybridized carbons (Fsp3) is 0.379. The zero-order valence-corrected chi connectivity index (χ0v) is 23.5. The van der Waals surface area contributed by atoms with Gasteiger partial charge >= 0.3 is 6.03 Å². The number of aliphatic hydroxyl groups is 1. The summed E-state index contributed by atoms with van der Waals surface area (Å²) < 4.78 is 1.89. The third kappa shape index (κ3) is 5.36. The number of carbonyl (C=O) groups is 3. The number of imidazole rings is 1. The quantitative estimate of drug-likeness (QED) is 0.236. The lowest BCUT2D eigenvalue weighted by atomic mass is 10.1. The number of anilines is 3. The molecule has 2 atom stereocenters. The number of rotatable bonds is 10. The average molecular weight is 583 g/mol. The molecule has 0 radical (unpaired) electrons. The minimum atomic E-state index is -0.462. The summed E-state index contributed by atoms with van der Waals surface area (Å²) in [5.41, 5.74) is 3.78. The summed E-state index contributed by atoms with van der Waals surface area (Å²) in [5.74, 6) is 1.32. The lowest BCUT2D eigenvalue weighted by molar-refractivity contribution is -0.125. The van der Waals surface area contributed by atoms with Gasteiger partial charge in [-0.3, -0.25) is 19.4 Å². The second-order valence-electron chi connectivity index (χ2n) is 11.2. The van der Waals surface area contributed by atoms with Gasteiger partial charge in [0.25, 0.3) is 5.91 Å². The summed E-state index contributed by atoms with van der Waals surface area (Å²) in [7, 11) is 0. The molecular formula is C29H30N10O4. The number of aryl methyl sites for hydroxylation is 1. The molecule has 0 spiro atoms. The number of pyridine rings is 1. The molecule has 14 heteroatoms. The van der Waals surface area contributed by atoms with Crippen LogP contribution in [0.25, 0.3) is 5.65 Å². The number of urea groups is 1. The van der Waals surface area contributed by atoms with E-state index in [0.29, 0.717) is 53.4 Å². The minimum Gasteiger partial charge on any atom is -0.395 e. The van der Waals surface area contributed by atoms with Crippen LogP contribution in [0.5, 0.6) is 0 Å². The number of nitrogens with zero attached hydrogens (tertiary/aromatic N) is 8. The van der Waals surface area contributed by atoms with Gasteiger partial charge in [-0.05, 0) is 49.8 Å². The van der Waals surface area contributed by atoms with Crippen LogP contribution < -0.4 is 15.5 Å². The zero-order chi connectivity index (χ0) is 29.7. The molecule has 3 N–H and O–H groups in total. The van der Waals surface area contributed by atoms with Gasteiger partial charge in [0.1, 0.15) is 30.3 Å². The third-order valence-electron chi connectivity index (χ3n) is 7.96. The van der Waals surface area contributed by atoms with Crippen molar-refractivity contribution >= 4 is 40.8 Å². The van der Waals surface area contributed by atoms with E-state index in [-0.39, 0.29) is 43.3 Å². The molecule has 1 aliphatic heterocycles. The van der Waals surface area contributed by atoms with Crippen molar-refractivity contribution in [3.63, 3.8) is 0 Å². The first-order valence-electron chi connectivity index (χ1n) is 14.3. The monoisotopic (exact) mass is 582 g/mol. The highest BCUT2D eigenvalue weighted by molar-refractivity contribution is 6.13. The summed E-state index contributed by atoms with van der Waals surface area (Å²) in [6, 6.07) is 4.97. The van der Waals surface area contributed by atoms with Gasteiger partial charge in [0, 0.05) is 42.2 Å². The second-order valence-corrected chi connectivity index (χ2v) is 11.2. The Morgan fingerprint density at radius 2 is 1.93 bits per heavy atom. The number of β-amino-alcohol motifs (C(OH)–C–C–N with tert-alkyl or cyclic N) is 1. The van der Waals surface area contributed by atoms with Gasteiger partial charge in [-0.25, -0.2) is 29.7 Å². The van der Waals surface area contributed by atoms with Crippen LogP contribution >= 0.6 is 0 Å². The zero-order valence-electron chi connectivity index (χ0n) is 23.5. The smallest absolute Gasteiger partial charge is 0.331 e. The summed E-state index contributed by atoms with van der Waals surface area (Å²) in [5, 5.41) is 15.4. The molecule has 4 amide bonds. The van der Waals surface area contributed by atoms with E-state index >= 15 is 0 Å². The van der Waals surface area contributed by atoms with Gasteiger partial charge in [0.05, 0.1) is 31.1 Å². The predicted octanol–water partition coefficient (Wildman–Crippen LogP) is 2.22. The highest BCUT2D eigenvalue weighted by Crippen LogP contribution is 2.46. The van der Waals surface area contributed by atoms with E-state index in [1.54, 1.807) is 12.3 Å². The molecule has 220 valence electrons. The topological polar surface area (TPSA) is 171 Å². The maximum Gasteiger partial charge on any atom is 0.331 e. The molecule has 7 rings (SSSR count).